The first kappa shape index (κ1) is 94.7. The van der Waals surface area contributed by atoms with Gasteiger partial charge in [-0.15, -0.1) is 11.8 Å². The average molecular weight is 1600 g/mol. The summed E-state index contributed by atoms with van der Waals surface area (Å²) < 4.78 is 21.4. The van der Waals surface area contributed by atoms with E-state index < -0.39 is 150 Å². The number of carboxylic acid groups (broad SMARTS) is 1. The van der Waals surface area contributed by atoms with Crippen LogP contribution in [0.2, 0.25) is 0 Å². The van der Waals surface area contributed by atoms with Crippen LogP contribution in [0.1, 0.15) is 103 Å². The molecule has 2 heterocycles. The number of aliphatic carboxylic acids is 1. The summed E-state index contributed by atoms with van der Waals surface area (Å²) in [5, 5.41) is 47.9. The number of nitrogens with one attached hydrogen (secondary N) is 13. The van der Waals surface area contributed by atoms with Crippen molar-refractivity contribution in [1.29, 1.82) is 0 Å². The van der Waals surface area contributed by atoms with Crippen LogP contribution in [0.25, 0.3) is 0 Å². The zero-order chi connectivity index (χ0) is 80.4. The molecule has 2 bridgehead atoms. The third-order valence-corrected chi connectivity index (χ3v) is 20.2. The van der Waals surface area contributed by atoms with Crippen LogP contribution in [0.5, 0.6) is 0 Å². The normalized spacial score (nSPS) is 20.2. The summed E-state index contributed by atoms with van der Waals surface area (Å²) in [5.41, 5.74) is 21.9. The number of unbranched alkanes of at least 4 members (excludes halogenated alkanes) is 1. The minimum Gasteiger partial charge on any atom is -0.481 e. The largest absolute Gasteiger partial charge is 0.481 e. The summed E-state index contributed by atoms with van der Waals surface area (Å²) in [6.45, 7) is 6.40. The molecule has 0 aromatic heterocycles. The van der Waals surface area contributed by atoms with E-state index in [1.807, 2.05) is 13.8 Å². The Kier molecular flexibility index (Phi) is 47.8. The first-order chi connectivity index (χ1) is 52.1. The van der Waals surface area contributed by atoms with Gasteiger partial charge in [0.05, 0.1) is 58.4 Å². The van der Waals surface area contributed by atoms with Crippen molar-refractivity contribution in [3.63, 3.8) is 0 Å². The van der Waals surface area contributed by atoms with Gasteiger partial charge in [-0.2, -0.15) is 4.91 Å². The fourth-order valence-corrected chi connectivity index (χ4v) is 13.6. The van der Waals surface area contributed by atoms with E-state index >= 15 is 0 Å². The van der Waals surface area contributed by atoms with E-state index in [4.69, 9.17) is 41.9 Å². The Bertz CT molecular complexity index is 3110. The van der Waals surface area contributed by atoms with E-state index in [0.29, 0.717) is 31.6 Å². The van der Waals surface area contributed by atoms with Crippen LogP contribution >= 0.6 is 33.3 Å². The fourth-order valence-electron chi connectivity index (χ4n) is 10.4. The molecule has 0 saturated carbocycles. The van der Waals surface area contributed by atoms with Crippen LogP contribution in [0.4, 0.5) is 0 Å². The monoisotopic (exact) mass is 1600 g/mol. The van der Waals surface area contributed by atoms with Gasteiger partial charge in [0.15, 0.2) is 5.96 Å². The van der Waals surface area contributed by atoms with Gasteiger partial charge < -0.3 is 116 Å². The molecule has 0 radical (unpaired) electrons. The van der Waals surface area contributed by atoms with Gasteiger partial charge in [-0.25, -0.2) is 0 Å². The van der Waals surface area contributed by atoms with Crippen molar-refractivity contribution in [2.45, 2.75) is 158 Å². The molecule has 2 saturated heterocycles. The van der Waals surface area contributed by atoms with Gasteiger partial charge >= 0.3 is 5.97 Å². The lowest BCUT2D eigenvalue weighted by atomic mass is 9.94. The van der Waals surface area contributed by atoms with Crippen molar-refractivity contribution < 1.29 is 91.2 Å². The third kappa shape index (κ3) is 42.9. The number of hydrogen-bond donors (Lipinski definition) is 18. The number of nitrogens with zero attached hydrogens (tertiary/aromatic N) is 2. The van der Waals surface area contributed by atoms with Crippen molar-refractivity contribution in [2.75, 3.05) is 128 Å². The number of aliphatic imine (C=N–C) groups is 1. The maximum absolute atomic E-state index is 14.7. The highest BCUT2D eigenvalue weighted by Gasteiger charge is 2.36. The molecule has 39 nitrogen and oxygen atoms in total. The van der Waals surface area contributed by atoms with E-state index in [-0.39, 0.29) is 171 Å². The molecule has 612 valence electrons. The minimum absolute atomic E-state index is 0.00749. The number of carbonyl (C=O) groups excluding carboxylic acids is 13. The summed E-state index contributed by atoms with van der Waals surface area (Å²) >= 11 is 0.886. The number of benzene rings is 1. The molecule has 2 fully saturated rings. The van der Waals surface area contributed by atoms with E-state index in [1.165, 1.54) is 0 Å². The highest BCUT2D eigenvalue weighted by molar-refractivity contribution is 8.76. The summed E-state index contributed by atoms with van der Waals surface area (Å²) in [7, 11) is 1.81. The molecule has 3 rings (SSSR count). The lowest BCUT2D eigenvalue weighted by Gasteiger charge is -2.29. The Hall–Kier alpha value is -8.52. The standard InChI is InChI=1S/C67H111N19O20S3/c1-42(86-102)67(2,3)78-24-19-43(17-20-68)18-23-73-54(89)16-9-15-53(88)72-21-8-7-13-46-61(97)84-50-39-108-109-40-51(85-63(99)48(34-58(93)94)80-55(90)35-77-59(95)45(81-64(50)100)14-10-22-76-66(70)71)65(101)82-47(33-44-11-5-4-6-12-44)62(98)83-49(38-107-41-57(92)79-46)60(96)75-26-28-104-30-32-105-31-29-103-27-25-74-56(91)37-106-36-52(69)87/h4-6,11-12,42-43,45-51,78H,7-10,13-41,68H2,1-3H3,(H2,69,87)(H,72,88)(H,73,89)(H,74,91)(H,75,96)(H,77,95)(H,79,92)(H,80,90)(H,81,100)(H,82,101)(H,83,98)(H,84,97)(H,85,99)(H,93,94)(H4,70,71,76)/t42?,43?,45-,46-,47-,48-,49-,50-,51-/m0/s1. The van der Waals surface area contributed by atoms with Crippen LogP contribution in [-0.2, 0) is 92.5 Å². The Morgan fingerprint density at radius 2 is 1.15 bits per heavy atom. The highest BCUT2D eigenvalue weighted by atomic mass is 33.1. The van der Waals surface area contributed by atoms with Crippen LogP contribution in [0, 0.1) is 10.8 Å². The number of amides is 13. The van der Waals surface area contributed by atoms with Gasteiger partial charge in [0.1, 0.15) is 61.5 Å². The molecule has 109 heavy (non-hydrogen) atoms. The number of primary amides is 1. The zero-order valence-corrected chi connectivity index (χ0v) is 64.5. The second-order valence-corrected chi connectivity index (χ2v) is 29.6. The van der Waals surface area contributed by atoms with Crippen molar-refractivity contribution in [3.8, 4) is 0 Å². The molecule has 1 aromatic carbocycles. The number of carboxylic acids is 1. The number of fused-ring (bicyclic) bond motifs is 5. The number of hydrogen-bond acceptors (Lipinski definition) is 26. The van der Waals surface area contributed by atoms with Gasteiger partial charge in [-0.05, 0) is 103 Å². The summed E-state index contributed by atoms with van der Waals surface area (Å²) in [6.07, 6.45) is 1.74. The quantitative estimate of drug-likeness (QED) is 0.00956. The van der Waals surface area contributed by atoms with Gasteiger partial charge in [0.2, 0.25) is 76.8 Å². The Balaban J connectivity index is 1.91. The van der Waals surface area contributed by atoms with Crippen LogP contribution in [0.15, 0.2) is 40.5 Å². The molecule has 2 aliphatic heterocycles. The molecule has 0 spiro atoms. The van der Waals surface area contributed by atoms with Gasteiger partial charge in [0.25, 0.3) is 0 Å². The molecule has 22 N–H and O–H groups in total. The number of guanidine groups is 1. The van der Waals surface area contributed by atoms with Crippen LogP contribution in [-0.4, -0.2) is 276 Å². The van der Waals surface area contributed by atoms with Crippen molar-refractivity contribution in [3.05, 3.63) is 40.8 Å². The Morgan fingerprint density at radius 1 is 0.587 bits per heavy atom. The highest BCUT2D eigenvalue weighted by Crippen LogP contribution is 2.25. The summed E-state index contributed by atoms with van der Waals surface area (Å²) in [4.78, 5) is 204. The summed E-state index contributed by atoms with van der Waals surface area (Å²) in [5.74, 6) is -13.0. The van der Waals surface area contributed by atoms with E-state index in [2.05, 4.69) is 79.3 Å². The molecule has 9 atom stereocenters. The van der Waals surface area contributed by atoms with E-state index in [9.17, 15) is 77.1 Å². The second kappa shape index (κ2) is 55.0. The first-order valence-electron chi connectivity index (χ1n) is 36.1. The van der Waals surface area contributed by atoms with Gasteiger partial charge in [0, 0.05) is 74.8 Å². The van der Waals surface area contributed by atoms with E-state index in [1.54, 1.807) is 37.3 Å². The lowest BCUT2D eigenvalue weighted by Crippen LogP contribution is -2.60. The van der Waals surface area contributed by atoms with Crippen molar-refractivity contribution >= 4 is 122 Å². The lowest BCUT2D eigenvalue weighted by molar-refractivity contribution is -0.141. The topological polar surface area (TPSA) is 598 Å². The Labute approximate surface area is 645 Å². The van der Waals surface area contributed by atoms with Crippen LogP contribution in [0.3, 0.4) is 0 Å². The molecular formula is C67H111N19O20S3. The molecule has 2 unspecified atom stereocenters. The maximum atomic E-state index is 14.7. The first-order valence-corrected chi connectivity index (χ1v) is 39.7. The number of nitrogens with two attached hydrogens (primary N) is 4. The predicted molar refractivity (Wildman–Crippen MR) is 407 cm³/mol. The molecule has 13 amide bonds. The fraction of sp³-hybridized carbons (Fsp3) is 0.687. The van der Waals surface area contributed by atoms with Crippen molar-refractivity contribution in [2.24, 2.45) is 39.0 Å². The van der Waals surface area contributed by atoms with E-state index in [0.717, 1.165) is 46.2 Å². The molecule has 0 aliphatic carbocycles. The number of carbonyl (C=O) groups is 14. The van der Waals surface area contributed by atoms with Crippen LogP contribution < -0.4 is 92.1 Å². The van der Waals surface area contributed by atoms with Gasteiger partial charge in [-0.1, -0.05) is 57.1 Å². The molecule has 2 aliphatic rings. The second-order valence-electron chi connectivity index (χ2n) is 26.0. The summed E-state index contributed by atoms with van der Waals surface area (Å²) in [6, 6.07) is -2.74. The predicted octanol–water partition coefficient (Wildman–Crippen LogP) is -4.97. The average Bonchev–Trinajstić information content (AvgIpc) is 1.37. The number of ether oxygens (including phenoxy) is 4. The van der Waals surface area contributed by atoms with Crippen molar-refractivity contribution in [1.82, 2.24) is 69.1 Å². The SMILES string of the molecule is CC(N=O)C(C)(C)NCCC(CCN)CCNC(=O)CCCC(=O)NCCCC[C@@H]1NC(=O)CSC[C@@H](C(=O)NCCOCCOCCOCCNC(=O)COCC(N)=O)NC(=O)[C@H](Cc2ccccc2)NC(=O)[C@@H]2CSSC[C@H](NC1=O)C(=O)N[C@@H](CCCN=C(N)N)C(=O)NCC(=O)N[C@@H](CC(=O)O)C(=O)N2. The molecule has 1 aromatic rings. The number of nitroso groups, excluding NO2 is 1. The minimum atomic E-state index is -1.84. The molecule has 42 heteroatoms. The number of thioether (sulfide) groups is 1. The third-order valence-electron chi connectivity index (χ3n) is 16.7. The smallest absolute Gasteiger partial charge is 0.305 e. The zero-order valence-electron chi connectivity index (χ0n) is 62.0. The van der Waals surface area contributed by atoms with Gasteiger partial charge in [-0.3, -0.25) is 72.1 Å². The Morgan fingerprint density at radius 3 is 1.76 bits per heavy atom. The number of rotatable bonds is 45. The molecular weight excluding hydrogens is 1490 g/mol. The maximum Gasteiger partial charge on any atom is 0.305 e.